The maximum atomic E-state index is 5.73. The number of halogens is 1. The summed E-state index contributed by atoms with van der Waals surface area (Å²) in [6, 6.07) is 8.44. The fourth-order valence-corrected chi connectivity index (χ4v) is 2.31. The van der Waals surface area contributed by atoms with Crippen molar-refractivity contribution in [3.05, 3.63) is 28.7 Å². The minimum atomic E-state index is 0.495. The summed E-state index contributed by atoms with van der Waals surface area (Å²) in [4.78, 5) is 2.40. The number of nitrogens with zero attached hydrogens (tertiary/aromatic N) is 1. The van der Waals surface area contributed by atoms with Gasteiger partial charge in [-0.15, -0.1) is 0 Å². The van der Waals surface area contributed by atoms with Gasteiger partial charge in [0.1, 0.15) is 12.4 Å². The molecule has 1 heterocycles. The molecule has 1 aromatic carbocycles. The lowest BCUT2D eigenvalue weighted by atomic mass is 10.2. The smallest absolute Gasteiger partial charge is 0.120 e. The molecule has 0 aromatic heterocycles. The highest BCUT2D eigenvalue weighted by Crippen LogP contribution is 2.17. The van der Waals surface area contributed by atoms with Crippen LogP contribution in [0, 0.1) is 0 Å². The van der Waals surface area contributed by atoms with Gasteiger partial charge in [-0.05, 0) is 25.1 Å². The summed E-state index contributed by atoms with van der Waals surface area (Å²) in [7, 11) is 0. The zero-order chi connectivity index (χ0) is 12.1. The maximum absolute atomic E-state index is 5.73. The van der Waals surface area contributed by atoms with Crippen LogP contribution in [0.4, 0.5) is 0 Å². The zero-order valence-electron chi connectivity index (χ0n) is 10.1. The van der Waals surface area contributed by atoms with Crippen molar-refractivity contribution in [3.8, 4) is 5.75 Å². The number of rotatable bonds is 4. The molecule has 0 aliphatic carbocycles. The molecular weight excluding hydrogens is 282 g/mol. The Morgan fingerprint density at radius 1 is 1.53 bits per heavy atom. The van der Waals surface area contributed by atoms with E-state index in [2.05, 4.69) is 27.8 Å². The molecule has 1 atom stereocenters. The summed E-state index contributed by atoms with van der Waals surface area (Å²) in [5.41, 5.74) is 0. The van der Waals surface area contributed by atoms with Gasteiger partial charge in [0.15, 0.2) is 0 Å². The highest BCUT2D eigenvalue weighted by molar-refractivity contribution is 9.10. The standard InChI is InChI=1S/C13H18BrNO2/c1-11-10-16-7-5-15(11)6-8-17-13-4-2-3-12(14)9-13/h2-4,9,11H,5-8,10H2,1H3. The Morgan fingerprint density at radius 3 is 3.18 bits per heavy atom. The minimum Gasteiger partial charge on any atom is -0.492 e. The molecule has 0 bridgehead atoms. The molecule has 0 spiro atoms. The molecule has 0 amide bonds. The molecule has 1 aromatic rings. The molecule has 4 heteroatoms. The van der Waals surface area contributed by atoms with Crippen molar-refractivity contribution < 1.29 is 9.47 Å². The van der Waals surface area contributed by atoms with E-state index in [0.29, 0.717) is 6.04 Å². The van der Waals surface area contributed by atoms with Crippen LogP contribution in [-0.4, -0.2) is 43.9 Å². The molecule has 1 fully saturated rings. The second-order valence-corrected chi connectivity index (χ2v) is 5.18. The summed E-state index contributed by atoms with van der Waals surface area (Å²) >= 11 is 3.43. The molecule has 17 heavy (non-hydrogen) atoms. The van der Waals surface area contributed by atoms with Crippen LogP contribution in [0.1, 0.15) is 6.92 Å². The number of hydrogen-bond acceptors (Lipinski definition) is 3. The Hall–Kier alpha value is -0.580. The quantitative estimate of drug-likeness (QED) is 0.853. The van der Waals surface area contributed by atoms with Crippen molar-refractivity contribution >= 4 is 15.9 Å². The van der Waals surface area contributed by atoms with Crippen LogP contribution in [0.3, 0.4) is 0 Å². The highest BCUT2D eigenvalue weighted by atomic mass is 79.9. The van der Waals surface area contributed by atoms with Crippen LogP contribution in [0.15, 0.2) is 28.7 Å². The van der Waals surface area contributed by atoms with Crippen LogP contribution in [-0.2, 0) is 4.74 Å². The monoisotopic (exact) mass is 299 g/mol. The third-order valence-corrected chi connectivity index (χ3v) is 3.44. The van der Waals surface area contributed by atoms with Crippen LogP contribution < -0.4 is 4.74 Å². The van der Waals surface area contributed by atoms with Gasteiger partial charge in [-0.3, -0.25) is 4.90 Å². The van der Waals surface area contributed by atoms with Crippen LogP contribution >= 0.6 is 15.9 Å². The van der Waals surface area contributed by atoms with E-state index in [9.17, 15) is 0 Å². The highest BCUT2D eigenvalue weighted by Gasteiger charge is 2.17. The molecule has 0 N–H and O–H groups in total. The summed E-state index contributed by atoms with van der Waals surface area (Å²) in [6.07, 6.45) is 0. The summed E-state index contributed by atoms with van der Waals surface area (Å²) in [6.45, 7) is 6.54. The number of morpholine rings is 1. The van der Waals surface area contributed by atoms with Gasteiger partial charge in [0.2, 0.25) is 0 Å². The Kier molecular flexibility index (Phi) is 4.83. The molecule has 94 valence electrons. The van der Waals surface area contributed by atoms with E-state index in [-0.39, 0.29) is 0 Å². The van der Waals surface area contributed by atoms with Gasteiger partial charge < -0.3 is 9.47 Å². The van der Waals surface area contributed by atoms with Gasteiger partial charge in [0, 0.05) is 23.6 Å². The molecular formula is C13H18BrNO2. The van der Waals surface area contributed by atoms with E-state index in [4.69, 9.17) is 9.47 Å². The zero-order valence-corrected chi connectivity index (χ0v) is 11.6. The predicted octanol–water partition coefficient (Wildman–Crippen LogP) is 2.55. The second kappa shape index (κ2) is 6.38. The Labute approximate surface area is 111 Å². The fourth-order valence-electron chi connectivity index (χ4n) is 1.93. The lowest BCUT2D eigenvalue weighted by Crippen LogP contribution is -2.45. The van der Waals surface area contributed by atoms with Gasteiger partial charge in [-0.2, -0.15) is 0 Å². The van der Waals surface area contributed by atoms with Crippen molar-refractivity contribution in [3.63, 3.8) is 0 Å². The van der Waals surface area contributed by atoms with Crippen LogP contribution in [0.5, 0.6) is 5.75 Å². The topological polar surface area (TPSA) is 21.7 Å². The number of benzene rings is 1. The van der Waals surface area contributed by atoms with Gasteiger partial charge in [-0.1, -0.05) is 22.0 Å². The first kappa shape index (κ1) is 12.9. The minimum absolute atomic E-state index is 0.495. The molecule has 1 saturated heterocycles. The van der Waals surface area contributed by atoms with Gasteiger partial charge in [0.25, 0.3) is 0 Å². The van der Waals surface area contributed by atoms with Gasteiger partial charge >= 0.3 is 0 Å². The molecule has 3 nitrogen and oxygen atoms in total. The maximum Gasteiger partial charge on any atom is 0.120 e. The average Bonchev–Trinajstić information content (AvgIpc) is 2.32. The molecule has 0 radical (unpaired) electrons. The Bertz CT molecular complexity index is 359. The third-order valence-electron chi connectivity index (χ3n) is 2.95. The van der Waals surface area contributed by atoms with Crippen molar-refractivity contribution in [1.29, 1.82) is 0 Å². The van der Waals surface area contributed by atoms with Crippen molar-refractivity contribution in [2.45, 2.75) is 13.0 Å². The normalized spacial score (nSPS) is 21.4. The first-order valence-electron chi connectivity index (χ1n) is 5.96. The van der Waals surface area contributed by atoms with E-state index in [1.54, 1.807) is 0 Å². The van der Waals surface area contributed by atoms with E-state index in [1.807, 2.05) is 24.3 Å². The first-order valence-corrected chi connectivity index (χ1v) is 6.75. The SMILES string of the molecule is CC1COCCN1CCOc1cccc(Br)c1. The molecule has 1 aliphatic rings. The summed E-state index contributed by atoms with van der Waals surface area (Å²) in [5, 5.41) is 0. The van der Waals surface area contributed by atoms with Crippen LogP contribution in [0.25, 0.3) is 0 Å². The number of hydrogen-bond donors (Lipinski definition) is 0. The summed E-state index contributed by atoms with van der Waals surface area (Å²) in [5.74, 6) is 0.917. The second-order valence-electron chi connectivity index (χ2n) is 4.27. The lowest BCUT2D eigenvalue weighted by Gasteiger charge is -2.32. The number of ether oxygens (including phenoxy) is 2. The van der Waals surface area contributed by atoms with Crippen molar-refractivity contribution in [2.24, 2.45) is 0 Å². The first-order chi connectivity index (χ1) is 8.25. The van der Waals surface area contributed by atoms with Crippen LogP contribution in [0.2, 0.25) is 0 Å². The van der Waals surface area contributed by atoms with Gasteiger partial charge in [-0.25, -0.2) is 0 Å². The molecule has 2 rings (SSSR count). The fraction of sp³-hybridized carbons (Fsp3) is 0.538. The molecule has 1 aliphatic heterocycles. The van der Waals surface area contributed by atoms with Crippen molar-refractivity contribution in [2.75, 3.05) is 32.9 Å². The Morgan fingerprint density at radius 2 is 2.41 bits per heavy atom. The lowest BCUT2D eigenvalue weighted by molar-refractivity contribution is -0.00514. The molecule has 1 unspecified atom stereocenters. The van der Waals surface area contributed by atoms with Gasteiger partial charge in [0.05, 0.1) is 13.2 Å². The Balaban J connectivity index is 1.75. The van der Waals surface area contributed by atoms with E-state index in [0.717, 1.165) is 43.1 Å². The largest absolute Gasteiger partial charge is 0.492 e. The van der Waals surface area contributed by atoms with E-state index < -0.39 is 0 Å². The average molecular weight is 300 g/mol. The van der Waals surface area contributed by atoms with E-state index >= 15 is 0 Å². The third kappa shape index (κ3) is 3.98. The van der Waals surface area contributed by atoms with E-state index in [1.165, 1.54) is 0 Å². The molecule has 0 saturated carbocycles. The predicted molar refractivity (Wildman–Crippen MR) is 71.5 cm³/mol. The summed E-state index contributed by atoms with van der Waals surface area (Å²) < 4.78 is 12.2. The van der Waals surface area contributed by atoms with Crippen molar-refractivity contribution in [1.82, 2.24) is 4.90 Å².